The van der Waals surface area contributed by atoms with Crippen LogP contribution < -0.4 is 5.32 Å². The van der Waals surface area contributed by atoms with Gasteiger partial charge >= 0.3 is 12.4 Å². The molecule has 0 atom stereocenters. The van der Waals surface area contributed by atoms with E-state index >= 15 is 0 Å². The molecule has 0 aromatic heterocycles. The van der Waals surface area contributed by atoms with Crippen LogP contribution in [-0.2, 0) is 20.2 Å². The predicted molar refractivity (Wildman–Crippen MR) is 99.9 cm³/mol. The lowest BCUT2D eigenvalue weighted by Crippen LogP contribution is -2.53. The lowest BCUT2D eigenvalue weighted by atomic mass is 9.89. The number of benzene rings is 2. The minimum Gasteiger partial charge on any atom is -0.369 e. The molecule has 5 nitrogen and oxygen atoms in total. The normalized spacial score (nSPS) is 13.2. The Bertz CT molecular complexity index is 1060. The van der Waals surface area contributed by atoms with Gasteiger partial charge in [-0.15, -0.1) is 0 Å². The smallest absolute Gasteiger partial charge is 0.369 e. The predicted octanol–water partition coefficient (Wildman–Crippen LogP) is 4.42. The van der Waals surface area contributed by atoms with E-state index in [2.05, 4.69) is 5.32 Å². The van der Waals surface area contributed by atoms with Gasteiger partial charge in [0.15, 0.2) is 9.84 Å². The summed E-state index contributed by atoms with van der Waals surface area (Å²) in [5, 5.41) is 11.9. The Morgan fingerprint density at radius 1 is 0.968 bits per heavy atom. The van der Waals surface area contributed by atoms with E-state index in [1.807, 2.05) is 0 Å². The van der Waals surface area contributed by atoms with Crippen molar-refractivity contribution in [3.05, 3.63) is 48.0 Å². The molecule has 0 unspecified atom stereocenters. The van der Waals surface area contributed by atoms with Crippen molar-refractivity contribution >= 4 is 21.4 Å². The number of rotatable bonds is 5. The van der Waals surface area contributed by atoms with Crippen LogP contribution in [0.4, 0.5) is 32.0 Å². The van der Waals surface area contributed by atoms with Crippen LogP contribution in [0.15, 0.2) is 47.4 Å². The van der Waals surface area contributed by atoms with Gasteiger partial charge < -0.3 is 10.4 Å². The number of carbonyl (C=O) groups excluding carboxylic acids is 1. The van der Waals surface area contributed by atoms with E-state index in [0.29, 0.717) is 12.1 Å². The minimum atomic E-state index is -6.09. The van der Waals surface area contributed by atoms with Crippen molar-refractivity contribution in [2.75, 3.05) is 11.1 Å². The van der Waals surface area contributed by atoms with Gasteiger partial charge in [-0.3, -0.25) is 4.79 Å². The Balaban J connectivity index is 2.75. The van der Waals surface area contributed by atoms with Crippen molar-refractivity contribution in [3.63, 3.8) is 0 Å². The molecule has 0 heterocycles. The van der Waals surface area contributed by atoms with E-state index in [1.165, 1.54) is 19.1 Å². The summed E-state index contributed by atoms with van der Waals surface area (Å²) in [5.41, 5.74) is -7.06. The highest BCUT2D eigenvalue weighted by Gasteiger charge is 2.71. The molecule has 0 bridgehead atoms. The van der Waals surface area contributed by atoms with Gasteiger partial charge in [0.25, 0.3) is 5.60 Å². The quantitative estimate of drug-likeness (QED) is 0.636. The van der Waals surface area contributed by atoms with Gasteiger partial charge in [0.2, 0.25) is 5.91 Å². The van der Waals surface area contributed by atoms with E-state index in [4.69, 9.17) is 0 Å². The zero-order valence-electron chi connectivity index (χ0n) is 16.1. The molecular weight excluding hydrogens is 452 g/mol. The van der Waals surface area contributed by atoms with Gasteiger partial charge in [0, 0.05) is 23.7 Å². The third-order valence-electron chi connectivity index (χ3n) is 4.47. The van der Waals surface area contributed by atoms with E-state index in [1.54, 1.807) is 0 Å². The molecule has 2 rings (SSSR count). The summed E-state index contributed by atoms with van der Waals surface area (Å²) in [4.78, 5) is 11.3. The first-order valence-corrected chi connectivity index (χ1v) is 10.3. The van der Waals surface area contributed by atoms with Gasteiger partial charge in [-0.05, 0) is 29.8 Å². The van der Waals surface area contributed by atoms with Gasteiger partial charge in [-0.25, -0.2) is 8.42 Å². The van der Waals surface area contributed by atoms with Crippen LogP contribution in [0, 0.1) is 0 Å². The average molecular weight is 469 g/mol. The molecule has 1 amide bonds. The lowest BCUT2D eigenvalue weighted by Gasteiger charge is -2.33. The number of hydrogen-bond donors (Lipinski definition) is 2. The Labute approximate surface area is 173 Å². The zero-order chi connectivity index (χ0) is 23.8. The zero-order valence-corrected chi connectivity index (χ0v) is 16.9. The summed E-state index contributed by atoms with van der Waals surface area (Å²) < 4.78 is 103. The van der Waals surface area contributed by atoms with E-state index in [-0.39, 0.29) is 27.5 Å². The van der Waals surface area contributed by atoms with Crippen molar-refractivity contribution in [2.24, 2.45) is 0 Å². The fourth-order valence-electron chi connectivity index (χ4n) is 2.80. The molecule has 0 saturated carbocycles. The fraction of sp³-hybridized carbons (Fsp3) is 0.316. The number of hydrogen-bond acceptors (Lipinski definition) is 4. The number of sulfone groups is 1. The number of nitrogens with one attached hydrogen (secondary N) is 1. The molecule has 2 aromatic carbocycles. The van der Waals surface area contributed by atoms with Crippen molar-refractivity contribution < 1.29 is 44.7 Å². The van der Waals surface area contributed by atoms with Crippen molar-refractivity contribution in [1.29, 1.82) is 0 Å². The van der Waals surface area contributed by atoms with Gasteiger partial charge in [-0.1, -0.05) is 25.1 Å². The minimum absolute atomic E-state index is 0.0207. The maximum atomic E-state index is 13.2. The van der Waals surface area contributed by atoms with E-state index in [9.17, 15) is 44.7 Å². The maximum Gasteiger partial charge on any atom is 0.430 e. The van der Waals surface area contributed by atoms with Gasteiger partial charge in [0.05, 0.1) is 10.6 Å². The SMILES string of the molecule is CCS(=O)(=O)c1ccc(-c2cc(C(O)(C(F)(F)F)C(F)(F)F)ccc2NC(C)=O)cc1. The molecule has 0 aliphatic carbocycles. The molecule has 2 aromatic rings. The van der Waals surface area contributed by atoms with Gasteiger partial charge in [-0.2, -0.15) is 26.3 Å². The largest absolute Gasteiger partial charge is 0.430 e. The topological polar surface area (TPSA) is 83.5 Å². The highest BCUT2D eigenvalue weighted by Crippen LogP contribution is 2.51. The van der Waals surface area contributed by atoms with Crippen LogP contribution >= 0.6 is 0 Å². The second-order valence-corrected chi connectivity index (χ2v) is 8.85. The number of amides is 1. The van der Waals surface area contributed by atoms with Crippen molar-refractivity contribution in [3.8, 4) is 11.1 Å². The summed E-state index contributed by atoms with van der Waals surface area (Å²) in [6, 6.07) is 6.28. The summed E-state index contributed by atoms with van der Waals surface area (Å²) >= 11 is 0. The fourth-order valence-corrected chi connectivity index (χ4v) is 3.69. The summed E-state index contributed by atoms with van der Waals surface area (Å²) in [6.07, 6.45) is -12.2. The van der Waals surface area contributed by atoms with Crippen LogP contribution in [0.25, 0.3) is 11.1 Å². The molecule has 0 aliphatic rings. The molecule has 0 aliphatic heterocycles. The Hall–Kier alpha value is -2.60. The number of aliphatic hydroxyl groups is 1. The first-order valence-electron chi connectivity index (χ1n) is 8.65. The molecule has 0 spiro atoms. The monoisotopic (exact) mass is 469 g/mol. The number of anilines is 1. The maximum absolute atomic E-state index is 13.2. The number of alkyl halides is 6. The van der Waals surface area contributed by atoms with Crippen molar-refractivity contribution in [1.82, 2.24) is 0 Å². The number of halogens is 6. The highest BCUT2D eigenvalue weighted by molar-refractivity contribution is 7.91. The summed E-state index contributed by atoms with van der Waals surface area (Å²) in [5.74, 6) is -0.871. The Morgan fingerprint density at radius 2 is 1.48 bits per heavy atom. The first-order chi connectivity index (χ1) is 14.0. The molecule has 0 radical (unpaired) electrons. The second kappa shape index (κ2) is 8.15. The third kappa shape index (κ3) is 4.69. The van der Waals surface area contributed by atoms with Crippen LogP contribution in [0.2, 0.25) is 0 Å². The number of carbonyl (C=O) groups is 1. The van der Waals surface area contributed by atoms with Crippen LogP contribution in [0.3, 0.4) is 0 Å². The lowest BCUT2D eigenvalue weighted by molar-refractivity contribution is -0.376. The van der Waals surface area contributed by atoms with Crippen LogP contribution in [-0.4, -0.2) is 37.5 Å². The molecule has 0 fully saturated rings. The van der Waals surface area contributed by atoms with E-state index < -0.39 is 39.3 Å². The Kier molecular flexibility index (Phi) is 6.49. The average Bonchev–Trinajstić information content (AvgIpc) is 2.65. The second-order valence-electron chi connectivity index (χ2n) is 6.58. The first kappa shape index (κ1) is 24.7. The standard InChI is InChI=1S/C19H17F6NO4S/c1-3-31(29,30)14-7-4-12(5-8-14)15-10-13(6-9-16(15)26-11(2)27)17(28,18(20,21)22)19(23,24)25/h4-10,28H,3H2,1-2H3,(H,26,27). The summed E-state index contributed by atoms with van der Waals surface area (Å²) in [6.45, 7) is 2.48. The molecule has 31 heavy (non-hydrogen) atoms. The van der Waals surface area contributed by atoms with Crippen molar-refractivity contribution in [2.45, 2.75) is 36.7 Å². The Morgan fingerprint density at radius 3 is 1.90 bits per heavy atom. The third-order valence-corrected chi connectivity index (χ3v) is 6.22. The molecular formula is C19H17F6NO4S. The van der Waals surface area contributed by atoms with E-state index in [0.717, 1.165) is 25.1 Å². The van der Waals surface area contributed by atoms with Crippen LogP contribution in [0.5, 0.6) is 0 Å². The molecule has 0 saturated heterocycles. The highest BCUT2D eigenvalue weighted by atomic mass is 32.2. The summed E-state index contributed by atoms with van der Waals surface area (Å²) in [7, 11) is -3.60. The molecule has 12 heteroatoms. The van der Waals surface area contributed by atoms with Gasteiger partial charge in [0.1, 0.15) is 0 Å². The van der Waals surface area contributed by atoms with Crippen LogP contribution in [0.1, 0.15) is 19.4 Å². The molecule has 2 N–H and O–H groups in total. The molecule has 170 valence electrons.